The molecule has 3 nitrogen and oxygen atoms in total. The predicted molar refractivity (Wildman–Crippen MR) is 72.5 cm³/mol. The summed E-state index contributed by atoms with van der Waals surface area (Å²) in [6.45, 7) is 0.811. The molecule has 1 unspecified atom stereocenters. The predicted octanol–water partition coefficient (Wildman–Crippen LogP) is 3.15. The van der Waals surface area contributed by atoms with Crippen molar-refractivity contribution in [2.24, 2.45) is 5.92 Å². The lowest BCUT2D eigenvalue weighted by molar-refractivity contribution is -0.131. The molecule has 1 N–H and O–H groups in total. The average Bonchev–Trinajstić information content (AvgIpc) is 2.99. The van der Waals surface area contributed by atoms with Gasteiger partial charge in [-0.25, -0.2) is 4.79 Å². The second-order valence-electron chi connectivity index (χ2n) is 5.34. The molecule has 2 aliphatic rings. The van der Waals surface area contributed by atoms with E-state index in [9.17, 15) is 4.79 Å². The van der Waals surface area contributed by atoms with Gasteiger partial charge in [-0.3, -0.25) is 0 Å². The molecular weight excluding hydrogens is 240 g/mol. The SMILES string of the molecule is O=C(O)/C=C/CC[C@@H]1CC1c1cccc2c1CCO2. The highest BCUT2D eigenvalue weighted by molar-refractivity contribution is 5.79. The number of benzene rings is 1. The highest BCUT2D eigenvalue weighted by atomic mass is 16.5. The molecule has 0 radical (unpaired) electrons. The summed E-state index contributed by atoms with van der Waals surface area (Å²) in [7, 11) is 0. The third kappa shape index (κ3) is 2.65. The minimum Gasteiger partial charge on any atom is -0.493 e. The molecule has 0 aromatic heterocycles. The van der Waals surface area contributed by atoms with Gasteiger partial charge in [0.2, 0.25) is 0 Å². The van der Waals surface area contributed by atoms with E-state index in [4.69, 9.17) is 9.84 Å². The normalized spacial score (nSPS) is 24.2. The first-order valence-electron chi connectivity index (χ1n) is 6.90. The van der Waals surface area contributed by atoms with Gasteiger partial charge in [-0.1, -0.05) is 18.2 Å². The average molecular weight is 258 g/mol. The monoisotopic (exact) mass is 258 g/mol. The van der Waals surface area contributed by atoms with Crippen molar-refractivity contribution < 1.29 is 14.6 Å². The number of carboxylic acid groups (broad SMARTS) is 1. The Balaban J connectivity index is 1.58. The molecule has 3 heteroatoms. The van der Waals surface area contributed by atoms with E-state index < -0.39 is 5.97 Å². The number of carboxylic acids is 1. The smallest absolute Gasteiger partial charge is 0.327 e. The minimum absolute atomic E-state index is 0.662. The fourth-order valence-electron chi connectivity index (χ4n) is 3.04. The molecule has 1 aromatic rings. The third-order valence-corrected chi connectivity index (χ3v) is 4.07. The van der Waals surface area contributed by atoms with Crippen molar-refractivity contribution in [1.29, 1.82) is 0 Å². The molecule has 3 rings (SSSR count). The summed E-state index contributed by atoms with van der Waals surface area (Å²) < 4.78 is 5.60. The second kappa shape index (κ2) is 5.08. The maximum atomic E-state index is 10.4. The Morgan fingerprint density at radius 3 is 3.21 bits per heavy atom. The Morgan fingerprint density at radius 1 is 1.47 bits per heavy atom. The van der Waals surface area contributed by atoms with Crippen molar-refractivity contribution in [2.75, 3.05) is 6.61 Å². The Morgan fingerprint density at radius 2 is 2.37 bits per heavy atom. The summed E-state index contributed by atoms with van der Waals surface area (Å²) in [6.07, 6.45) is 7.21. The van der Waals surface area contributed by atoms with Gasteiger partial charge >= 0.3 is 5.97 Å². The van der Waals surface area contributed by atoms with Gasteiger partial charge in [-0.15, -0.1) is 0 Å². The topological polar surface area (TPSA) is 46.5 Å². The zero-order valence-corrected chi connectivity index (χ0v) is 10.8. The van der Waals surface area contributed by atoms with Gasteiger partial charge < -0.3 is 9.84 Å². The van der Waals surface area contributed by atoms with Crippen LogP contribution in [0.4, 0.5) is 0 Å². The maximum absolute atomic E-state index is 10.4. The fraction of sp³-hybridized carbons (Fsp3) is 0.438. The molecule has 0 amide bonds. The van der Waals surface area contributed by atoms with Crippen molar-refractivity contribution in [2.45, 2.75) is 31.6 Å². The van der Waals surface area contributed by atoms with Crippen LogP contribution in [0.2, 0.25) is 0 Å². The minimum atomic E-state index is -0.856. The van der Waals surface area contributed by atoms with Gasteiger partial charge in [-0.05, 0) is 42.7 Å². The number of fused-ring (bicyclic) bond motifs is 1. The highest BCUT2D eigenvalue weighted by Gasteiger charge is 2.39. The van der Waals surface area contributed by atoms with E-state index in [2.05, 4.69) is 18.2 Å². The van der Waals surface area contributed by atoms with Gasteiger partial charge in [0.1, 0.15) is 5.75 Å². The molecule has 100 valence electrons. The van der Waals surface area contributed by atoms with Crippen LogP contribution >= 0.6 is 0 Å². The number of aliphatic carboxylic acids is 1. The van der Waals surface area contributed by atoms with Crippen LogP contribution in [0.3, 0.4) is 0 Å². The van der Waals surface area contributed by atoms with Crippen LogP contribution in [0.25, 0.3) is 0 Å². The summed E-state index contributed by atoms with van der Waals surface area (Å²) in [5.74, 6) is 1.58. The van der Waals surface area contributed by atoms with E-state index in [-0.39, 0.29) is 0 Å². The van der Waals surface area contributed by atoms with E-state index in [1.165, 1.54) is 23.6 Å². The highest BCUT2D eigenvalue weighted by Crippen LogP contribution is 2.52. The number of allylic oxidation sites excluding steroid dienone is 1. The standard InChI is InChI=1S/C16H18O3/c17-16(18)7-2-1-4-11-10-14(11)12-5-3-6-15-13(12)8-9-19-15/h2-3,5-7,11,14H,1,4,8-10H2,(H,17,18)/b7-2+/t11-,14?/m1/s1. The number of rotatable bonds is 5. The third-order valence-electron chi connectivity index (χ3n) is 4.07. The number of ether oxygens (including phenoxy) is 1. The molecule has 19 heavy (non-hydrogen) atoms. The molecule has 1 aliphatic carbocycles. The molecule has 1 fully saturated rings. The Kier molecular flexibility index (Phi) is 3.28. The molecule has 1 aromatic carbocycles. The Hall–Kier alpha value is -1.77. The van der Waals surface area contributed by atoms with Crippen LogP contribution in [0.15, 0.2) is 30.4 Å². The van der Waals surface area contributed by atoms with Crippen LogP contribution in [-0.2, 0) is 11.2 Å². The zero-order chi connectivity index (χ0) is 13.2. The van der Waals surface area contributed by atoms with Gasteiger partial charge in [0.15, 0.2) is 0 Å². The summed E-state index contributed by atoms with van der Waals surface area (Å²) in [6, 6.07) is 6.36. The van der Waals surface area contributed by atoms with Crippen LogP contribution in [-0.4, -0.2) is 17.7 Å². The summed E-state index contributed by atoms with van der Waals surface area (Å²) >= 11 is 0. The number of carbonyl (C=O) groups is 1. The molecule has 2 atom stereocenters. The van der Waals surface area contributed by atoms with Crippen LogP contribution in [0.1, 0.15) is 36.3 Å². The van der Waals surface area contributed by atoms with Gasteiger partial charge in [0.25, 0.3) is 0 Å². The van der Waals surface area contributed by atoms with Gasteiger partial charge in [0, 0.05) is 18.1 Å². The lowest BCUT2D eigenvalue weighted by Gasteiger charge is -2.06. The molecule has 0 spiro atoms. The molecule has 1 saturated carbocycles. The Labute approximate surface area is 112 Å². The van der Waals surface area contributed by atoms with E-state index >= 15 is 0 Å². The largest absolute Gasteiger partial charge is 0.493 e. The lowest BCUT2D eigenvalue weighted by atomic mass is 9.99. The summed E-state index contributed by atoms with van der Waals surface area (Å²) in [5.41, 5.74) is 2.86. The first kappa shape index (κ1) is 12.3. The van der Waals surface area contributed by atoms with Crippen molar-refractivity contribution in [3.05, 3.63) is 41.5 Å². The molecular formula is C16H18O3. The first-order valence-corrected chi connectivity index (χ1v) is 6.90. The van der Waals surface area contributed by atoms with Crippen LogP contribution in [0, 0.1) is 5.92 Å². The number of hydrogen-bond donors (Lipinski definition) is 1. The van der Waals surface area contributed by atoms with E-state index in [1.54, 1.807) is 6.08 Å². The quantitative estimate of drug-likeness (QED) is 0.825. The van der Waals surface area contributed by atoms with Crippen molar-refractivity contribution >= 4 is 5.97 Å². The lowest BCUT2D eigenvalue weighted by Crippen LogP contribution is -1.91. The second-order valence-corrected chi connectivity index (χ2v) is 5.34. The molecule has 0 saturated heterocycles. The summed E-state index contributed by atoms with van der Waals surface area (Å²) in [4.78, 5) is 10.4. The molecule has 1 aliphatic heterocycles. The maximum Gasteiger partial charge on any atom is 0.327 e. The Bertz CT molecular complexity index is 519. The van der Waals surface area contributed by atoms with Crippen LogP contribution in [0.5, 0.6) is 5.75 Å². The zero-order valence-electron chi connectivity index (χ0n) is 10.8. The van der Waals surface area contributed by atoms with Crippen molar-refractivity contribution in [3.8, 4) is 5.75 Å². The molecule has 0 bridgehead atoms. The number of hydrogen-bond acceptors (Lipinski definition) is 2. The van der Waals surface area contributed by atoms with Crippen molar-refractivity contribution in [3.63, 3.8) is 0 Å². The molecule has 1 heterocycles. The van der Waals surface area contributed by atoms with Crippen molar-refractivity contribution in [1.82, 2.24) is 0 Å². The first-order chi connectivity index (χ1) is 9.25. The fourth-order valence-corrected chi connectivity index (χ4v) is 3.04. The van der Waals surface area contributed by atoms with E-state index in [1.807, 2.05) is 0 Å². The van der Waals surface area contributed by atoms with Gasteiger partial charge in [0.05, 0.1) is 6.61 Å². The van der Waals surface area contributed by atoms with E-state index in [0.29, 0.717) is 11.8 Å². The van der Waals surface area contributed by atoms with Gasteiger partial charge in [-0.2, -0.15) is 0 Å². The van der Waals surface area contributed by atoms with Crippen LogP contribution < -0.4 is 4.74 Å². The van der Waals surface area contributed by atoms with E-state index in [0.717, 1.165) is 31.6 Å². The summed E-state index contributed by atoms with van der Waals surface area (Å²) in [5, 5.41) is 8.53.